The van der Waals surface area contributed by atoms with Gasteiger partial charge in [-0.1, -0.05) is 0 Å². The lowest BCUT2D eigenvalue weighted by atomic mass is 10.3. The molecule has 0 bridgehead atoms. The maximum absolute atomic E-state index is 11.4. The predicted octanol–water partition coefficient (Wildman–Crippen LogP) is 2.23. The summed E-state index contributed by atoms with van der Waals surface area (Å²) in [6, 6.07) is 3.59. The first-order valence-electron chi connectivity index (χ1n) is 6.42. The van der Waals surface area contributed by atoms with E-state index < -0.39 is 0 Å². The SMILES string of the molecule is O=C(/C=C/c1ccco1)NCCCOCC1CC1. The fraction of sp³-hybridized carbons (Fsp3) is 0.500. The molecule has 1 aliphatic rings. The van der Waals surface area contributed by atoms with Crippen LogP contribution in [0.4, 0.5) is 0 Å². The molecule has 98 valence electrons. The first-order chi connectivity index (χ1) is 8.84. The Balaban J connectivity index is 1.48. The van der Waals surface area contributed by atoms with Gasteiger partial charge in [0.15, 0.2) is 0 Å². The van der Waals surface area contributed by atoms with Crippen molar-refractivity contribution in [3.63, 3.8) is 0 Å². The minimum Gasteiger partial charge on any atom is -0.465 e. The fourth-order valence-electron chi connectivity index (χ4n) is 1.52. The van der Waals surface area contributed by atoms with Gasteiger partial charge in [-0.15, -0.1) is 0 Å². The molecule has 0 atom stereocenters. The van der Waals surface area contributed by atoms with Crippen molar-refractivity contribution in [2.75, 3.05) is 19.8 Å². The van der Waals surface area contributed by atoms with Gasteiger partial charge in [0.2, 0.25) is 5.91 Å². The van der Waals surface area contributed by atoms with E-state index in [9.17, 15) is 4.79 Å². The van der Waals surface area contributed by atoms with Gasteiger partial charge in [-0.2, -0.15) is 0 Å². The lowest BCUT2D eigenvalue weighted by Gasteiger charge is -2.03. The molecule has 1 aromatic rings. The monoisotopic (exact) mass is 249 g/mol. The van der Waals surface area contributed by atoms with Gasteiger partial charge in [0.25, 0.3) is 0 Å². The number of rotatable bonds is 8. The molecule has 18 heavy (non-hydrogen) atoms. The summed E-state index contributed by atoms with van der Waals surface area (Å²) >= 11 is 0. The molecule has 0 spiro atoms. The van der Waals surface area contributed by atoms with Crippen molar-refractivity contribution in [3.8, 4) is 0 Å². The lowest BCUT2D eigenvalue weighted by Crippen LogP contribution is -2.23. The Bertz CT molecular complexity index is 380. The molecule has 1 saturated carbocycles. The first kappa shape index (κ1) is 12.9. The highest BCUT2D eigenvalue weighted by atomic mass is 16.5. The van der Waals surface area contributed by atoms with Crippen LogP contribution >= 0.6 is 0 Å². The topological polar surface area (TPSA) is 51.5 Å². The molecular weight excluding hydrogens is 230 g/mol. The molecular formula is C14H19NO3. The highest BCUT2D eigenvalue weighted by Gasteiger charge is 2.20. The second kappa shape index (κ2) is 7.01. The number of carbonyl (C=O) groups is 1. The number of amides is 1. The predicted molar refractivity (Wildman–Crippen MR) is 68.9 cm³/mol. The molecule has 1 heterocycles. The molecule has 0 radical (unpaired) electrons. The largest absolute Gasteiger partial charge is 0.465 e. The van der Waals surface area contributed by atoms with Crippen LogP contribution in [0.25, 0.3) is 6.08 Å². The van der Waals surface area contributed by atoms with E-state index in [-0.39, 0.29) is 5.91 Å². The van der Waals surface area contributed by atoms with Gasteiger partial charge in [0.1, 0.15) is 5.76 Å². The van der Waals surface area contributed by atoms with Crippen molar-refractivity contribution >= 4 is 12.0 Å². The van der Waals surface area contributed by atoms with Crippen LogP contribution in [0.3, 0.4) is 0 Å². The maximum atomic E-state index is 11.4. The van der Waals surface area contributed by atoms with Crippen molar-refractivity contribution in [3.05, 3.63) is 30.2 Å². The summed E-state index contributed by atoms with van der Waals surface area (Å²) < 4.78 is 10.6. The molecule has 0 aromatic carbocycles. The van der Waals surface area contributed by atoms with Gasteiger partial charge in [0.05, 0.1) is 6.26 Å². The van der Waals surface area contributed by atoms with Crippen molar-refractivity contribution in [1.82, 2.24) is 5.32 Å². The Kier molecular flexibility index (Phi) is 5.02. The summed E-state index contributed by atoms with van der Waals surface area (Å²) in [5.41, 5.74) is 0. The Morgan fingerprint density at radius 2 is 2.44 bits per heavy atom. The first-order valence-corrected chi connectivity index (χ1v) is 6.42. The van der Waals surface area contributed by atoms with Crippen LogP contribution in [0.15, 0.2) is 28.9 Å². The number of nitrogens with one attached hydrogen (secondary N) is 1. The molecule has 0 aliphatic heterocycles. The molecule has 4 nitrogen and oxygen atoms in total. The Hall–Kier alpha value is -1.55. The number of carbonyl (C=O) groups excluding carboxylic acids is 1. The summed E-state index contributed by atoms with van der Waals surface area (Å²) in [7, 11) is 0. The summed E-state index contributed by atoms with van der Waals surface area (Å²) in [5.74, 6) is 1.38. The lowest BCUT2D eigenvalue weighted by molar-refractivity contribution is -0.116. The minimum absolute atomic E-state index is 0.103. The van der Waals surface area contributed by atoms with Crippen LogP contribution in [-0.4, -0.2) is 25.7 Å². The van der Waals surface area contributed by atoms with Crippen molar-refractivity contribution in [2.24, 2.45) is 5.92 Å². The molecule has 1 fully saturated rings. The van der Waals surface area contributed by atoms with Crippen LogP contribution in [0.2, 0.25) is 0 Å². The summed E-state index contributed by atoms with van der Waals surface area (Å²) in [4.78, 5) is 11.4. The molecule has 2 rings (SSSR count). The zero-order valence-corrected chi connectivity index (χ0v) is 10.4. The molecule has 1 amide bonds. The van der Waals surface area contributed by atoms with E-state index in [0.717, 1.165) is 25.6 Å². The molecule has 1 N–H and O–H groups in total. The van der Waals surface area contributed by atoms with Crippen LogP contribution in [0.1, 0.15) is 25.0 Å². The second-order valence-electron chi connectivity index (χ2n) is 4.51. The third-order valence-electron chi connectivity index (χ3n) is 2.76. The van der Waals surface area contributed by atoms with E-state index in [1.165, 1.54) is 18.9 Å². The quantitative estimate of drug-likeness (QED) is 0.567. The third kappa shape index (κ3) is 5.19. The molecule has 0 saturated heterocycles. The zero-order chi connectivity index (χ0) is 12.6. The number of furan rings is 1. The Morgan fingerprint density at radius 3 is 3.17 bits per heavy atom. The Labute approximate surface area is 107 Å². The third-order valence-corrected chi connectivity index (χ3v) is 2.76. The van der Waals surface area contributed by atoms with E-state index in [0.29, 0.717) is 12.3 Å². The van der Waals surface area contributed by atoms with E-state index in [1.807, 2.05) is 0 Å². The van der Waals surface area contributed by atoms with Gasteiger partial charge >= 0.3 is 0 Å². The number of hydrogen-bond donors (Lipinski definition) is 1. The van der Waals surface area contributed by atoms with Crippen LogP contribution in [-0.2, 0) is 9.53 Å². The molecule has 1 aromatic heterocycles. The summed E-state index contributed by atoms with van der Waals surface area (Å²) in [6.07, 6.45) is 8.19. The molecule has 1 aliphatic carbocycles. The van der Waals surface area contributed by atoms with E-state index in [2.05, 4.69) is 5.32 Å². The van der Waals surface area contributed by atoms with E-state index in [4.69, 9.17) is 9.15 Å². The van der Waals surface area contributed by atoms with E-state index >= 15 is 0 Å². The molecule has 0 unspecified atom stereocenters. The normalized spacial score (nSPS) is 15.1. The van der Waals surface area contributed by atoms with Gasteiger partial charge in [0, 0.05) is 25.8 Å². The minimum atomic E-state index is -0.103. The summed E-state index contributed by atoms with van der Waals surface area (Å²) in [6.45, 7) is 2.25. The fourth-order valence-corrected chi connectivity index (χ4v) is 1.52. The number of ether oxygens (including phenoxy) is 1. The average molecular weight is 249 g/mol. The standard InChI is InChI=1S/C14H19NO3/c16-14(7-6-13-3-1-10-18-13)15-8-2-9-17-11-12-4-5-12/h1,3,6-7,10,12H,2,4-5,8-9,11H2,(H,15,16)/b7-6+. The van der Waals surface area contributed by atoms with Gasteiger partial charge in [-0.05, 0) is 43.4 Å². The highest BCUT2D eigenvalue weighted by Crippen LogP contribution is 2.28. The van der Waals surface area contributed by atoms with Crippen LogP contribution in [0.5, 0.6) is 0 Å². The second-order valence-corrected chi connectivity index (χ2v) is 4.51. The Morgan fingerprint density at radius 1 is 1.56 bits per heavy atom. The van der Waals surface area contributed by atoms with Gasteiger partial charge < -0.3 is 14.5 Å². The zero-order valence-electron chi connectivity index (χ0n) is 10.4. The number of hydrogen-bond acceptors (Lipinski definition) is 3. The maximum Gasteiger partial charge on any atom is 0.244 e. The van der Waals surface area contributed by atoms with Crippen molar-refractivity contribution < 1.29 is 13.9 Å². The van der Waals surface area contributed by atoms with Gasteiger partial charge in [-0.25, -0.2) is 0 Å². The average Bonchev–Trinajstić information content (AvgIpc) is 3.04. The smallest absolute Gasteiger partial charge is 0.244 e. The van der Waals surface area contributed by atoms with Gasteiger partial charge in [-0.3, -0.25) is 4.79 Å². The highest BCUT2D eigenvalue weighted by molar-refractivity contribution is 5.91. The van der Waals surface area contributed by atoms with Crippen LogP contribution in [0, 0.1) is 5.92 Å². The van der Waals surface area contributed by atoms with Crippen molar-refractivity contribution in [2.45, 2.75) is 19.3 Å². The van der Waals surface area contributed by atoms with Crippen molar-refractivity contribution in [1.29, 1.82) is 0 Å². The summed E-state index contributed by atoms with van der Waals surface area (Å²) in [5, 5.41) is 2.80. The van der Waals surface area contributed by atoms with E-state index in [1.54, 1.807) is 24.5 Å². The molecule has 4 heteroatoms. The van der Waals surface area contributed by atoms with Crippen LogP contribution < -0.4 is 5.32 Å².